The monoisotopic (exact) mass is 355 g/mol. The number of halogens is 4. The molecule has 0 fully saturated rings. The predicted molar refractivity (Wildman–Crippen MR) is 77.8 cm³/mol. The number of rotatable bonds is 1. The lowest BCUT2D eigenvalue weighted by atomic mass is 10.2. The topological polar surface area (TPSA) is 43.8 Å². The van der Waals surface area contributed by atoms with Crippen LogP contribution in [0.3, 0.4) is 0 Å². The van der Waals surface area contributed by atoms with Crippen molar-refractivity contribution in [2.45, 2.75) is 6.92 Å². The summed E-state index contributed by atoms with van der Waals surface area (Å²) in [6.45, 7) is 1.74. The van der Waals surface area contributed by atoms with Crippen LogP contribution in [0.15, 0.2) is 28.7 Å². The van der Waals surface area contributed by atoms with Gasteiger partial charge in [-0.3, -0.25) is 4.57 Å². The number of aromatic nitrogens is 2. The first-order valence-corrected chi connectivity index (χ1v) is 6.77. The van der Waals surface area contributed by atoms with Crippen molar-refractivity contribution in [1.29, 1.82) is 0 Å². The predicted octanol–water partition coefficient (Wildman–Crippen LogP) is 4.10. The molecular weight excluding hydrogens is 347 g/mol. The van der Waals surface area contributed by atoms with Gasteiger partial charge in [-0.2, -0.15) is 0 Å². The standard InChI is InChI=1S/C14H9BrF3N3/c1-6-2-8(15)9(17)5-11(6)21-12-4-7(16)3-10(18)13(12)20-14(21)19/h2-5H,1H3,(H2,19,20). The van der Waals surface area contributed by atoms with Crippen molar-refractivity contribution in [3.05, 3.63) is 51.8 Å². The summed E-state index contributed by atoms with van der Waals surface area (Å²) >= 11 is 3.08. The van der Waals surface area contributed by atoms with Gasteiger partial charge in [-0.05, 0) is 40.5 Å². The van der Waals surface area contributed by atoms with Gasteiger partial charge in [0, 0.05) is 12.1 Å². The molecule has 0 aliphatic heterocycles. The third-order valence-corrected chi connectivity index (χ3v) is 3.79. The first kappa shape index (κ1) is 13.9. The van der Waals surface area contributed by atoms with Crippen LogP contribution in [0.5, 0.6) is 0 Å². The Balaban J connectivity index is 2.40. The molecule has 1 heterocycles. The number of hydrogen-bond acceptors (Lipinski definition) is 2. The van der Waals surface area contributed by atoms with Gasteiger partial charge in [0.25, 0.3) is 0 Å². The zero-order chi connectivity index (χ0) is 15.3. The molecule has 0 unspecified atom stereocenters. The summed E-state index contributed by atoms with van der Waals surface area (Å²) in [5.41, 5.74) is 6.93. The number of nitrogen functional groups attached to an aromatic ring is 1. The fraction of sp³-hybridized carbons (Fsp3) is 0.0714. The van der Waals surface area contributed by atoms with E-state index in [-0.39, 0.29) is 17.0 Å². The molecule has 7 heteroatoms. The van der Waals surface area contributed by atoms with Gasteiger partial charge in [-0.1, -0.05) is 0 Å². The highest BCUT2D eigenvalue weighted by Gasteiger charge is 2.17. The molecule has 0 aliphatic carbocycles. The maximum atomic E-state index is 13.8. The molecule has 0 bridgehead atoms. The quantitative estimate of drug-likeness (QED) is 0.714. The van der Waals surface area contributed by atoms with Crippen LogP contribution in [0.2, 0.25) is 0 Å². The summed E-state index contributed by atoms with van der Waals surface area (Å²) in [5, 5.41) is 0. The number of benzene rings is 2. The van der Waals surface area contributed by atoms with E-state index in [0.29, 0.717) is 15.7 Å². The molecule has 0 amide bonds. The van der Waals surface area contributed by atoms with Crippen LogP contribution in [-0.4, -0.2) is 9.55 Å². The van der Waals surface area contributed by atoms with E-state index in [0.717, 1.165) is 12.1 Å². The molecule has 0 saturated heterocycles. The number of fused-ring (bicyclic) bond motifs is 1. The average Bonchev–Trinajstić information content (AvgIpc) is 2.71. The molecule has 2 aromatic carbocycles. The van der Waals surface area contributed by atoms with Crippen LogP contribution in [0.4, 0.5) is 19.1 Å². The molecule has 0 aliphatic rings. The van der Waals surface area contributed by atoms with Gasteiger partial charge in [0.2, 0.25) is 5.95 Å². The molecule has 0 radical (unpaired) electrons. The van der Waals surface area contributed by atoms with Gasteiger partial charge >= 0.3 is 0 Å². The zero-order valence-corrected chi connectivity index (χ0v) is 12.4. The number of nitrogens with zero attached hydrogens (tertiary/aromatic N) is 2. The lowest BCUT2D eigenvalue weighted by Crippen LogP contribution is -2.03. The highest BCUT2D eigenvalue weighted by Crippen LogP contribution is 2.30. The summed E-state index contributed by atoms with van der Waals surface area (Å²) < 4.78 is 42.6. The number of aryl methyl sites for hydroxylation is 1. The molecule has 2 N–H and O–H groups in total. The van der Waals surface area contributed by atoms with Crippen LogP contribution < -0.4 is 5.73 Å². The number of hydrogen-bond donors (Lipinski definition) is 1. The van der Waals surface area contributed by atoms with Gasteiger partial charge < -0.3 is 5.73 Å². The molecular formula is C14H9BrF3N3. The molecule has 0 saturated carbocycles. The molecule has 108 valence electrons. The number of imidazole rings is 1. The van der Waals surface area contributed by atoms with Crippen LogP contribution in [0.25, 0.3) is 16.7 Å². The largest absolute Gasteiger partial charge is 0.369 e. The summed E-state index contributed by atoms with van der Waals surface area (Å²) in [5.74, 6) is -2.12. The second-order valence-corrected chi connectivity index (χ2v) is 5.47. The second-order valence-electron chi connectivity index (χ2n) is 4.61. The SMILES string of the molecule is Cc1cc(Br)c(F)cc1-n1c(N)nc2c(F)cc(F)cc21. The third kappa shape index (κ3) is 2.17. The maximum Gasteiger partial charge on any atom is 0.206 e. The Morgan fingerprint density at radius 3 is 2.52 bits per heavy atom. The Labute approximate surface area is 126 Å². The first-order chi connectivity index (χ1) is 9.88. The van der Waals surface area contributed by atoms with Gasteiger partial charge in [0.1, 0.15) is 17.2 Å². The minimum atomic E-state index is -0.814. The molecule has 21 heavy (non-hydrogen) atoms. The number of anilines is 1. The van der Waals surface area contributed by atoms with Crippen molar-refractivity contribution in [2.24, 2.45) is 0 Å². The summed E-state index contributed by atoms with van der Waals surface area (Å²) in [6.07, 6.45) is 0. The van der Waals surface area contributed by atoms with E-state index in [1.165, 1.54) is 10.6 Å². The highest BCUT2D eigenvalue weighted by atomic mass is 79.9. The lowest BCUT2D eigenvalue weighted by Gasteiger charge is -2.11. The number of nitrogens with two attached hydrogens (primary N) is 1. The van der Waals surface area contributed by atoms with Crippen LogP contribution in [0, 0.1) is 24.4 Å². The van der Waals surface area contributed by atoms with Crippen LogP contribution >= 0.6 is 15.9 Å². The van der Waals surface area contributed by atoms with E-state index in [2.05, 4.69) is 20.9 Å². The molecule has 3 rings (SSSR count). The maximum absolute atomic E-state index is 13.8. The third-order valence-electron chi connectivity index (χ3n) is 3.18. The Morgan fingerprint density at radius 1 is 1.10 bits per heavy atom. The van der Waals surface area contributed by atoms with Crippen molar-refractivity contribution in [3.63, 3.8) is 0 Å². The van der Waals surface area contributed by atoms with E-state index >= 15 is 0 Å². The van der Waals surface area contributed by atoms with Gasteiger partial charge in [0.05, 0.1) is 15.7 Å². The fourth-order valence-electron chi connectivity index (χ4n) is 2.25. The van der Waals surface area contributed by atoms with Crippen molar-refractivity contribution in [2.75, 3.05) is 5.73 Å². The molecule has 0 atom stereocenters. The van der Waals surface area contributed by atoms with Crippen molar-refractivity contribution in [3.8, 4) is 5.69 Å². The Kier molecular flexibility index (Phi) is 3.16. The summed E-state index contributed by atoms with van der Waals surface area (Å²) in [7, 11) is 0. The van der Waals surface area contributed by atoms with E-state index < -0.39 is 17.5 Å². The summed E-state index contributed by atoms with van der Waals surface area (Å²) in [4.78, 5) is 3.89. The highest BCUT2D eigenvalue weighted by molar-refractivity contribution is 9.10. The van der Waals surface area contributed by atoms with Crippen LogP contribution in [0.1, 0.15) is 5.56 Å². The van der Waals surface area contributed by atoms with E-state index in [4.69, 9.17) is 5.73 Å². The van der Waals surface area contributed by atoms with Crippen LogP contribution in [-0.2, 0) is 0 Å². The lowest BCUT2D eigenvalue weighted by molar-refractivity contribution is 0.590. The Bertz CT molecular complexity index is 874. The van der Waals surface area contributed by atoms with Crippen molar-refractivity contribution in [1.82, 2.24) is 9.55 Å². The normalized spacial score (nSPS) is 11.3. The van der Waals surface area contributed by atoms with Crippen molar-refractivity contribution >= 4 is 32.9 Å². The first-order valence-electron chi connectivity index (χ1n) is 5.97. The van der Waals surface area contributed by atoms with E-state index in [9.17, 15) is 13.2 Å². The van der Waals surface area contributed by atoms with E-state index in [1.807, 2.05) is 0 Å². The van der Waals surface area contributed by atoms with Gasteiger partial charge in [0.15, 0.2) is 5.82 Å². The smallest absolute Gasteiger partial charge is 0.206 e. The molecule has 0 spiro atoms. The average molecular weight is 356 g/mol. The van der Waals surface area contributed by atoms with E-state index in [1.54, 1.807) is 13.0 Å². The Morgan fingerprint density at radius 2 is 1.81 bits per heavy atom. The Hall–Kier alpha value is -2.02. The zero-order valence-electron chi connectivity index (χ0n) is 10.8. The minimum Gasteiger partial charge on any atom is -0.369 e. The molecule has 3 nitrogen and oxygen atoms in total. The fourth-order valence-corrected chi connectivity index (χ4v) is 2.71. The second kappa shape index (κ2) is 4.77. The molecule has 3 aromatic rings. The molecule has 1 aromatic heterocycles. The van der Waals surface area contributed by atoms with Gasteiger partial charge in [-0.15, -0.1) is 0 Å². The minimum absolute atomic E-state index is 0.0423. The summed E-state index contributed by atoms with van der Waals surface area (Å²) in [6, 6.07) is 4.64. The van der Waals surface area contributed by atoms with Crippen molar-refractivity contribution < 1.29 is 13.2 Å². The van der Waals surface area contributed by atoms with Gasteiger partial charge in [-0.25, -0.2) is 18.2 Å².